The van der Waals surface area contributed by atoms with Gasteiger partial charge in [0, 0.05) is 0 Å². The first-order valence-electron chi connectivity index (χ1n) is 14.2. The van der Waals surface area contributed by atoms with E-state index in [1.807, 2.05) is 24.3 Å². The molecular formula is C39H27NOSe. The quantitative estimate of drug-likeness (QED) is 0.145. The summed E-state index contributed by atoms with van der Waals surface area (Å²) in [5.74, 6) is 0. The zero-order valence-electron chi connectivity index (χ0n) is 23.4. The van der Waals surface area contributed by atoms with Crippen molar-refractivity contribution in [3.63, 3.8) is 0 Å². The van der Waals surface area contributed by atoms with Crippen LogP contribution < -0.4 is 5.43 Å². The van der Waals surface area contributed by atoms with Gasteiger partial charge in [0.1, 0.15) is 0 Å². The number of benzene rings is 6. The predicted molar refractivity (Wildman–Crippen MR) is 179 cm³/mol. The van der Waals surface area contributed by atoms with E-state index in [2.05, 4.69) is 122 Å². The standard InChI is InChI=1S/C39H27NOSe/c1-24-10-8-15-31-32-16-9-11-25(2)38(32)40(37(24)31)30-21-28(26-12-4-3-5-13-26)20-29(22-30)27-18-19-34-36(23-27)42-35-17-7-6-14-33(35)39(34)41/h3-23H,1-2H3. The Labute approximate surface area is 249 Å². The Morgan fingerprint density at radius 1 is 0.476 bits per heavy atom. The van der Waals surface area contributed by atoms with E-state index in [-0.39, 0.29) is 19.9 Å². The van der Waals surface area contributed by atoms with Crippen LogP contribution in [0.5, 0.6) is 0 Å². The second-order valence-electron chi connectivity index (χ2n) is 11.1. The van der Waals surface area contributed by atoms with Crippen LogP contribution in [0.15, 0.2) is 132 Å². The van der Waals surface area contributed by atoms with Crippen molar-refractivity contribution in [2.24, 2.45) is 0 Å². The molecule has 2 nitrogen and oxygen atoms in total. The second-order valence-corrected chi connectivity index (χ2v) is 13.3. The van der Waals surface area contributed by atoms with Crippen LogP contribution in [0.4, 0.5) is 0 Å². The van der Waals surface area contributed by atoms with Crippen molar-refractivity contribution < 1.29 is 0 Å². The van der Waals surface area contributed by atoms with Gasteiger partial charge in [-0.3, -0.25) is 0 Å². The molecule has 8 aromatic rings. The predicted octanol–water partition coefficient (Wildman–Crippen LogP) is 9.46. The summed E-state index contributed by atoms with van der Waals surface area (Å²) < 4.78 is 4.77. The van der Waals surface area contributed by atoms with Crippen molar-refractivity contribution in [2.45, 2.75) is 13.8 Å². The van der Waals surface area contributed by atoms with Crippen LogP contribution in [0.1, 0.15) is 11.1 Å². The number of rotatable bonds is 3. The number of hydrogen-bond donors (Lipinski definition) is 0. The van der Waals surface area contributed by atoms with Gasteiger partial charge in [-0.2, -0.15) is 0 Å². The molecule has 42 heavy (non-hydrogen) atoms. The SMILES string of the molecule is Cc1cccc2c3cccc(C)c3n(-c3cc(-c4ccccc4)cc(-c4ccc5c(=O)c6ccccc6[se]c5c4)c3)c12. The number of fused-ring (bicyclic) bond motifs is 5. The Kier molecular flexibility index (Phi) is 5.79. The average Bonchev–Trinajstić information content (AvgIpc) is 3.38. The molecule has 0 aliphatic heterocycles. The molecule has 2 aromatic heterocycles. The molecule has 0 saturated carbocycles. The van der Waals surface area contributed by atoms with Gasteiger partial charge in [0.25, 0.3) is 0 Å². The molecule has 0 unspecified atom stereocenters. The molecule has 0 aliphatic rings. The Hall–Kier alpha value is -4.69. The number of hydrogen-bond acceptors (Lipinski definition) is 1. The maximum atomic E-state index is 13.3. The third-order valence-corrected chi connectivity index (χ3v) is 10.8. The Balaban J connectivity index is 1.44. The van der Waals surface area contributed by atoms with Gasteiger partial charge in [-0.05, 0) is 0 Å². The average molecular weight is 605 g/mol. The van der Waals surface area contributed by atoms with Gasteiger partial charge in [0.05, 0.1) is 0 Å². The van der Waals surface area contributed by atoms with Gasteiger partial charge < -0.3 is 0 Å². The molecule has 8 rings (SSSR count). The summed E-state index contributed by atoms with van der Waals surface area (Å²) in [6, 6.07) is 45.2. The Morgan fingerprint density at radius 2 is 1.07 bits per heavy atom. The Morgan fingerprint density at radius 3 is 1.79 bits per heavy atom. The number of aryl methyl sites for hydroxylation is 2. The molecule has 0 spiro atoms. The normalized spacial score (nSPS) is 11.7. The minimum absolute atomic E-state index is 0.0801. The molecule has 0 fully saturated rings. The van der Waals surface area contributed by atoms with E-state index in [4.69, 9.17) is 0 Å². The number of aromatic nitrogens is 1. The van der Waals surface area contributed by atoms with Gasteiger partial charge in [0.15, 0.2) is 0 Å². The monoisotopic (exact) mass is 605 g/mol. The molecule has 6 aromatic carbocycles. The van der Waals surface area contributed by atoms with Crippen LogP contribution in [-0.4, -0.2) is 19.1 Å². The van der Waals surface area contributed by atoms with Crippen molar-refractivity contribution in [3.8, 4) is 27.9 Å². The number of para-hydroxylation sites is 2. The van der Waals surface area contributed by atoms with Crippen LogP contribution in [-0.2, 0) is 0 Å². The van der Waals surface area contributed by atoms with Crippen molar-refractivity contribution in [1.29, 1.82) is 0 Å². The first-order chi connectivity index (χ1) is 20.6. The van der Waals surface area contributed by atoms with Gasteiger partial charge in [-0.1, -0.05) is 0 Å². The minimum atomic E-state index is 0.0801. The van der Waals surface area contributed by atoms with Crippen LogP contribution in [0, 0.1) is 13.8 Å². The maximum absolute atomic E-state index is 13.3. The summed E-state index contributed by atoms with van der Waals surface area (Å²) >= 11 is 0.0801. The summed E-state index contributed by atoms with van der Waals surface area (Å²) in [5, 5.41) is 4.23. The molecule has 0 radical (unpaired) electrons. The fourth-order valence-electron chi connectivity index (χ4n) is 6.40. The third-order valence-electron chi connectivity index (χ3n) is 8.41. The molecule has 0 amide bonds. The second kappa shape index (κ2) is 9.70. The van der Waals surface area contributed by atoms with E-state index in [1.54, 1.807) is 0 Å². The van der Waals surface area contributed by atoms with E-state index in [0.717, 1.165) is 36.1 Å². The molecule has 0 aliphatic carbocycles. The van der Waals surface area contributed by atoms with Crippen LogP contribution in [0.25, 0.3) is 69.0 Å². The van der Waals surface area contributed by atoms with Crippen molar-refractivity contribution >= 4 is 55.6 Å². The summed E-state index contributed by atoms with van der Waals surface area (Å²) in [5.41, 5.74) is 10.9. The van der Waals surface area contributed by atoms with E-state index in [0.29, 0.717) is 0 Å². The van der Waals surface area contributed by atoms with Crippen molar-refractivity contribution in [3.05, 3.63) is 149 Å². The van der Waals surface area contributed by atoms with E-state index in [9.17, 15) is 4.79 Å². The van der Waals surface area contributed by atoms with Crippen LogP contribution in [0.2, 0.25) is 0 Å². The summed E-state index contributed by atoms with van der Waals surface area (Å²) in [7, 11) is 0. The third kappa shape index (κ3) is 3.89. The summed E-state index contributed by atoms with van der Waals surface area (Å²) in [4.78, 5) is 13.3. The molecule has 0 N–H and O–H groups in total. The zero-order valence-corrected chi connectivity index (χ0v) is 25.1. The Bertz CT molecular complexity index is 2340. The molecule has 200 valence electrons. The number of nitrogens with zero attached hydrogens (tertiary/aromatic N) is 1. The van der Waals surface area contributed by atoms with Crippen LogP contribution >= 0.6 is 0 Å². The zero-order chi connectivity index (χ0) is 28.4. The van der Waals surface area contributed by atoms with E-state index >= 15 is 0 Å². The van der Waals surface area contributed by atoms with Gasteiger partial charge >= 0.3 is 251 Å². The van der Waals surface area contributed by atoms with Gasteiger partial charge in [0.2, 0.25) is 0 Å². The van der Waals surface area contributed by atoms with Crippen LogP contribution in [0.3, 0.4) is 0 Å². The first-order valence-corrected chi connectivity index (χ1v) is 15.9. The molecule has 0 saturated heterocycles. The topological polar surface area (TPSA) is 22.0 Å². The fourth-order valence-corrected chi connectivity index (χ4v) is 8.73. The van der Waals surface area contributed by atoms with Gasteiger partial charge in [-0.15, -0.1) is 0 Å². The van der Waals surface area contributed by atoms with E-state index in [1.165, 1.54) is 44.1 Å². The van der Waals surface area contributed by atoms with E-state index < -0.39 is 0 Å². The molecule has 3 heteroatoms. The first kappa shape index (κ1) is 25.1. The molecular weight excluding hydrogens is 577 g/mol. The van der Waals surface area contributed by atoms with Crippen molar-refractivity contribution in [1.82, 2.24) is 4.57 Å². The molecule has 0 bridgehead atoms. The fraction of sp³-hybridized carbons (Fsp3) is 0.0513. The van der Waals surface area contributed by atoms with Gasteiger partial charge in [-0.25, -0.2) is 0 Å². The molecule has 2 heterocycles. The van der Waals surface area contributed by atoms with Crippen molar-refractivity contribution in [2.75, 3.05) is 0 Å². The summed E-state index contributed by atoms with van der Waals surface area (Å²) in [6.07, 6.45) is 0. The molecule has 0 atom stereocenters. The summed E-state index contributed by atoms with van der Waals surface area (Å²) in [6.45, 7) is 4.41.